The lowest BCUT2D eigenvalue weighted by Crippen LogP contribution is -1.97. The van der Waals surface area contributed by atoms with Gasteiger partial charge >= 0.3 is 0 Å². The van der Waals surface area contributed by atoms with Crippen LogP contribution in [0.4, 0.5) is 0 Å². The van der Waals surface area contributed by atoms with Gasteiger partial charge in [0.1, 0.15) is 0 Å². The van der Waals surface area contributed by atoms with Crippen molar-refractivity contribution in [1.29, 1.82) is 0 Å². The Morgan fingerprint density at radius 3 is 1.35 bits per heavy atom. The summed E-state index contributed by atoms with van der Waals surface area (Å²) >= 11 is 0. The summed E-state index contributed by atoms with van der Waals surface area (Å²) in [4.78, 5) is 0. The van der Waals surface area contributed by atoms with Gasteiger partial charge in [-0.15, -0.1) is 0 Å². The van der Waals surface area contributed by atoms with Crippen LogP contribution < -0.4 is 0 Å². The maximum atomic E-state index is 2.39. The van der Waals surface area contributed by atoms with Crippen molar-refractivity contribution in [2.24, 2.45) is 0 Å². The summed E-state index contributed by atoms with van der Waals surface area (Å²) in [5, 5.41) is 12.7. The van der Waals surface area contributed by atoms with E-state index in [1.165, 1.54) is 109 Å². The second-order valence-corrected chi connectivity index (χ2v) is 14.7. The predicted molar refractivity (Wildman–Crippen MR) is 233 cm³/mol. The fourth-order valence-electron chi connectivity index (χ4n) is 9.11. The van der Waals surface area contributed by atoms with Crippen molar-refractivity contribution in [3.63, 3.8) is 0 Å². The highest BCUT2D eigenvalue weighted by atomic mass is 14.2. The van der Waals surface area contributed by atoms with Crippen LogP contribution in [0, 0.1) is 0 Å². The topological polar surface area (TPSA) is 0 Å². The Hall–Kier alpha value is -6.76. The summed E-state index contributed by atoms with van der Waals surface area (Å²) in [6.45, 7) is 0. The van der Waals surface area contributed by atoms with E-state index in [1.54, 1.807) is 0 Å². The summed E-state index contributed by atoms with van der Waals surface area (Å²) in [5.41, 5.74) is 13.1. The number of benzene rings is 10. The monoisotopic (exact) mass is 684 g/mol. The Morgan fingerprint density at radius 1 is 0.315 bits per heavy atom. The van der Waals surface area contributed by atoms with Gasteiger partial charge in [-0.1, -0.05) is 170 Å². The van der Waals surface area contributed by atoms with E-state index in [1.807, 2.05) is 0 Å². The van der Waals surface area contributed by atoms with E-state index in [4.69, 9.17) is 0 Å². The molecule has 0 unspecified atom stereocenters. The van der Waals surface area contributed by atoms with Crippen molar-refractivity contribution < 1.29 is 0 Å². The normalized spacial score (nSPS) is 12.6. The molecular weight excluding hydrogens is 649 g/mol. The lowest BCUT2D eigenvalue weighted by atomic mass is 9.85. The molecule has 0 fully saturated rings. The van der Waals surface area contributed by atoms with Crippen molar-refractivity contribution in [2.75, 3.05) is 0 Å². The van der Waals surface area contributed by atoms with Crippen LogP contribution in [0.15, 0.2) is 188 Å². The first-order valence-corrected chi connectivity index (χ1v) is 19.1. The van der Waals surface area contributed by atoms with Gasteiger partial charge in [0.25, 0.3) is 0 Å². The van der Waals surface area contributed by atoms with Crippen LogP contribution in [0.2, 0.25) is 0 Å². The molecule has 0 saturated heterocycles. The number of allylic oxidation sites excluding steroid dienone is 1. The van der Waals surface area contributed by atoms with E-state index >= 15 is 0 Å². The van der Waals surface area contributed by atoms with E-state index in [9.17, 15) is 0 Å². The van der Waals surface area contributed by atoms with E-state index in [2.05, 4.69) is 194 Å². The number of rotatable bonds is 4. The molecule has 1 aliphatic rings. The maximum absolute atomic E-state index is 2.39. The first kappa shape index (κ1) is 30.8. The van der Waals surface area contributed by atoms with Gasteiger partial charge in [0.15, 0.2) is 0 Å². The molecule has 0 N–H and O–H groups in total. The Bertz CT molecular complexity index is 3100. The van der Waals surface area contributed by atoms with Gasteiger partial charge in [0.05, 0.1) is 0 Å². The quantitative estimate of drug-likeness (QED) is 0.162. The first-order valence-electron chi connectivity index (χ1n) is 19.1. The van der Waals surface area contributed by atoms with Crippen LogP contribution >= 0.6 is 0 Å². The molecule has 54 heavy (non-hydrogen) atoms. The highest BCUT2D eigenvalue weighted by molar-refractivity contribution is 6.22. The minimum Gasteiger partial charge on any atom is -0.0836 e. The highest BCUT2D eigenvalue weighted by Gasteiger charge is 2.18. The van der Waals surface area contributed by atoms with Gasteiger partial charge in [0.2, 0.25) is 0 Å². The number of fused-ring (bicyclic) bond motifs is 6. The van der Waals surface area contributed by atoms with Crippen LogP contribution in [0.3, 0.4) is 0 Å². The SMILES string of the molecule is C1=Cc2cccc(-c3ccc4cc(-c5c6ccccc6c(-c6ccc7cc(-c8cccc9ccccc89)ccc7c6)c6ccccc56)ccc4c3)c2CC1. The highest BCUT2D eigenvalue weighted by Crippen LogP contribution is 2.45. The van der Waals surface area contributed by atoms with E-state index in [0.717, 1.165) is 12.8 Å². The molecule has 11 rings (SSSR count). The molecule has 0 atom stereocenters. The number of hydrogen-bond acceptors (Lipinski definition) is 0. The molecule has 252 valence electrons. The van der Waals surface area contributed by atoms with Crippen molar-refractivity contribution in [2.45, 2.75) is 12.8 Å². The Kier molecular flexibility index (Phi) is 7.10. The van der Waals surface area contributed by atoms with Gasteiger partial charge in [-0.3, -0.25) is 0 Å². The molecule has 0 radical (unpaired) electrons. The molecule has 0 aliphatic heterocycles. The fourth-order valence-corrected chi connectivity index (χ4v) is 9.11. The Balaban J connectivity index is 1.04. The molecule has 10 aromatic rings. The molecule has 0 aromatic heterocycles. The molecule has 0 heterocycles. The van der Waals surface area contributed by atoms with Crippen molar-refractivity contribution in [3.8, 4) is 44.5 Å². The lowest BCUT2D eigenvalue weighted by molar-refractivity contribution is 0.988. The summed E-state index contributed by atoms with van der Waals surface area (Å²) in [6, 6.07) is 67.8. The Labute approximate surface area is 315 Å². The summed E-state index contributed by atoms with van der Waals surface area (Å²) in [6.07, 6.45) is 6.77. The zero-order valence-corrected chi connectivity index (χ0v) is 29.9. The van der Waals surface area contributed by atoms with Gasteiger partial charge in [0, 0.05) is 0 Å². The van der Waals surface area contributed by atoms with Crippen LogP contribution in [0.1, 0.15) is 17.5 Å². The second-order valence-electron chi connectivity index (χ2n) is 14.7. The average Bonchev–Trinajstić information content (AvgIpc) is 3.24. The smallest absolute Gasteiger partial charge is 0.00262 e. The third-order valence-corrected chi connectivity index (χ3v) is 11.7. The van der Waals surface area contributed by atoms with Crippen LogP contribution in [0.5, 0.6) is 0 Å². The first-order chi connectivity index (χ1) is 26.8. The lowest BCUT2D eigenvalue weighted by Gasteiger charge is -2.19. The standard InChI is InChI=1S/C54H36/c1-3-15-45-35(11-1)13-9-21-47(45)41-27-23-39-33-43(29-25-37(39)31-41)53-49-17-5-7-19-51(49)54(52-20-8-6-18-50(52)53)44-30-26-38-32-42(28-24-40(38)34-44)48-22-10-14-36-12-2-4-16-46(36)48/h1-3,5-15,17-34H,4,16H2. The molecule has 0 amide bonds. The summed E-state index contributed by atoms with van der Waals surface area (Å²) in [5.74, 6) is 0. The Morgan fingerprint density at radius 2 is 0.759 bits per heavy atom. The van der Waals surface area contributed by atoms with Crippen LogP contribution in [0.25, 0.3) is 104 Å². The van der Waals surface area contributed by atoms with Crippen molar-refractivity contribution in [3.05, 3.63) is 199 Å². The van der Waals surface area contributed by atoms with Crippen molar-refractivity contribution in [1.82, 2.24) is 0 Å². The molecular formula is C54H36. The largest absolute Gasteiger partial charge is 0.0836 e. The summed E-state index contributed by atoms with van der Waals surface area (Å²) < 4.78 is 0. The van der Waals surface area contributed by atoms with E-state index in [-0.39, 0.29) is 0 Å². The molecule has 0 saturated carbocycles. The zero-order chi connectivity index (χ0) is 35.6. The van der Waals surface area contributed by atoms with Crippen LogP contribution in [-0.2, 0) is 6.42 Å². The molecule has 10 aromatic carbocycles. The molecule has 0 spiro atoms. The molecule has 0 nitrogen and oxygen atoms in total. The van der Waals surface area contributed by atoms with Gasteiger partial charge in [-0.2, -0.15) is 0 Å². The zero-order valence-electron chi connectivity index (χ0n) is 29.9. The second kappa shape index (κ2) is 12.4. The van der Waals surface area contributed by atoms with E-state index in [0.29, 0.717) is 0 Å². The maximum Gasteiger partial charge on any atom is -0.00262 e. The molecule has 1 aliphatic carbocycles. The summed E-state index contributed by atoms with van der Waals surface area (Å²) in [7, 11) is 0. The molecule has 0 bridgehead atoms. The van der Waals surface area contributed by atoms with Crippen molar-refractivity contribution >= 4 is 59.9 Å². The predicted octanol–water partition coefficient (Wildman–Crippen LogP) is 15.1. The molecule has 0 heteroatoms. The minimum absolute atomic E-state index is 1.10. The van der Waals surface area contributed by atoms with Gasteiger partial charge in [-0.05, 0) is 147 Å². The third-order valence-electron chi connectivity index (χ3n) is 11.7. The van der Waals surface area contributed by atoms with Gasteiger partial charge in [-0.25, -0.2) is 0 Å². The number of hydrogen-bond donors (Lipinski definition) is 0. The minimum atomic E-state index is 1.10. The fraction of sp³-hybridized carbons (Fsp3) is 0.0370. The van der Waals surface area contributed by atoms with Gasteiger partial charge < -0.3 is 0 Å². The van der Waals surface area contributed by atoms with Crippen LogP contribution in [-0.4, -0.2) is 0 Å². The average molecular weight is 685 g/mol. The third kappa shape index (κ3) is 4.99. The van der Waals surface area contributed by atoms with E-state index < -0.39 is 0 Å².